The molecule has 7 heteroatoms. The average Bonchev–Trinajstić information content (AvgIpc) is 3.18. The molecule has 0 aliphatic heterocycles. The van der Waals surface area contributed by atoms with E-state index < -0.39 is 6.55 Å². The quantitative estimate of drug-likeness (QED) is 0.418. The van der Waals surface area contributed by atoms with Crippen molar-refractivity contribution in [3.05, 3.63) is 78.4 Å². The van der Waals surface area contributed by atoms with Gasteiger partial charge in [0.15, 0.2) is 0 Å². The van der Waals surface area contributed by atoms with Crippen molar-refractivity contribution < 1.29 is 18.3 Å². The van der Waals surface area contributed by atoms with Gasteiger partial charge in [0.2, 0.25) is 5.91 Å². The van der Waals surface area contributed by atoms with Gasteiger partial charge in [0.25, 0.3) is 0 Å². The number of aryl methyl sites for hydroxylation is 1. The van der Waals surface area contributed by atoms with Crippen LogP contribution in [0.15, 0.2) is 72.8 Å². The van der Waals surface area contributed by atoms with Crippen LogP contribution in [0, 0.1) is 0 Å². The number of hydrogen-bond donors (Lipinski definition) is 1. The number of nitrogens with one attached hydrogen (secondary N) is 1. The number of carbonyl (C=O) groups is 1. The maximum absolute atomic E-state index is 13.7. The fourth-order valence-electron chi connectivity index (χ4n) is 3.42. The van der Waals surface area contributed by atoms with Gasteiger partial charge in [0, 0.05) is 17.7 Å². The number of imidazole rings is 1. The van der Waals surface area contributed by atoms with Gasteiger partial charge in [-0.25, -0.2) is 4.98 Å². The highest BCUT2D eigenvalue weighted by atomic mass is 19.3. The lowest BCUT2D eigenvalue weighted by molar-refractivity contribution is -0.116. The maximum Gasteiger partial charge on any atom is 0.320 e. The molecule has 4 aromatic rings. The van der Waals surface area contributed by atoms with Crippen LogP contribution in [0.4, 0.5) is 14.5 Å². The van der Waals surface area contributed by atoms with Crippen molar-refractivity contribution in [1.82, 2.24) is 9.55 Å². The Bertz CT molecular complexity index is 1190. The lowest BCUT2D eigenvalue weighted by Gasteiger charge is -2.09. The zero-order valence-electron chi connectivity index (χ0n) is 16.9. The molecule has 3 aromatic carbocycles. The zero-order chi connectivity index (χ0) is 21.8. The molecular formula is C24H21F2N3O2. The second-order valence-electron chi connectivity index (χ2n) is 7.05. The van der Waals surface area contributed by atoms with E-state index in [1.807, 2.05) is 24.3 Å². The third kappa shape index (κ3) is 4.55. The molecule has 1 aromatic heterocycles. The third-order valence-electron chi connectivity index (χ3n) is 5.02. The topological polar surface area (TPSA) is 56.1 Å². The van der Waals surface area contributed by atoms with Crippen LogP contribution in [0.3, 0.4) is 0 Å². The van der Waals surface area contributed by atoms with Crippen molar-refractivity contribution in [2.75, 3.05) is 12.4 Å². The van der Waals surface area contributed by atoms with Crippen molar-refractivity contribution in [1.29, 1.82) is 0 Å². The fourth-order valence-corrected chi connectivity index (χ4v) is 3.42. The number of ether oxygens (including phenoxy) is 1. The third-order valence-corrected chi connectivity index (χ3v) is 5.02. The minimum atomic E-state index is -2.71. The molecule has 158 valence electrons. The van der Waals surface area contributed by atoms with Gasteiger partial charge < -0.3 is 10.1 Å². The van der Waals surface area contributed by atoms with E-state index in [1.54, 1.807) is 55.6 Å². The van der Waals surface area contributed by atoms with Crippen molar-refractivity contribution in [2.45, 2.75) is 19.4 Å². The number of fused-ring (bicyclic) bond motifs is 1. The number of para-hydroxylation sites is 2. The number of rotatable bonds is 7. The summed E-state index contributed by atoms with van der Waals surface area (Å²) in [6, 6.07) is 21.1. The molecule has 0 saturated carbocycles. The summed E-state index contributed by atoms with van der Waals surface area (Å²) in [5.41, 5.74) is 3.07. The molecule has 0 radical (unpaired) electrons. The van der Waals surface area contributed by atoms with Crippen LogP contribution in [-0.4, -0.2) is 22.6 Å². The SMILES string of the molecule is COc1ccc(CCC(=O)Nc2ccc(-c3nc4ccccc4n3C(F)F)cc2)cc1. The molecule has 4 rings (SSSR count). The molecule has 0 saturated heterocycles. The predicted molar refractivity (Wildman–Crippen MR) is 116 cm³/mol. The average molecular weight is 421 g/mol. The standard InChI is InChI=1S/C24H21F2N3O2/c1-31-19-13-6-16(7-14-19)8-15-22(30)27-18-11-9-17(10-12-18)23-28-20-4-2-3-5-21(20)29(23)24(25)26/h2-7,9-14,24H,8,15H2,1H3,(H,27,30). The van der Waals surface area contributed by atoms with Crippen LogP contribution in [0.25, 0.3) is 22.4 Å². The number of hydrogen-bond acceptors (Lipinski definition) is 3. The highest BCUT2D eigenvalue weighted by Crippen LogP contribution is 2.30. The summed E-state index contributed by atoms with van der Waals surface area (Å²) in [6.45, 7) is -2.71. The van der Waals surface area contributed by atoms with Gasteiger partial charge in [-0.1, -0.05) is 24.3 Å². The van der Waals surface area contributed by atoms with E-state index in [9.17, 15) is 13.6 Å². The summed E-state index contributed by atoms with van der Waals surface area (Å²) in [5, 5.41) is 2.84. The van der Waals surface area contributed by atoms with E-state index in [2.05, 4.69) is 10.3 Å². The predicted octanol–water partition coefficient (Wildman–Crippen LogP) is 5.68. The Morgan fingerprint density at radius 3 is 2.42 bits per heavy atom. The van der Waals surface area contributed by atoms with Crippen molar-refractivity contribution >= 4 is 22.6 Å². The molecule has 0 bridgehead atoms. The molecule has 0 fully saturated rings. The number of benzene rings is 3. The van der Waals surface area contributed by atoms with Crippen LogP contribution in [0.2, 0.25) is 0 Å². The van der Waals surface area contributed by atoms with E-state index in [1.165, 1.54) is 0 Å². The molecule has 0 spiro atoms. The van der Waals surface area contributed by atoms with Crippen molar-refractivity contribution in [3.8, 4) is 17.1 Å². The molecule has 31 heavy (non-hydrogen) atoms. The molecule has 0 aliphatic rings. The van der Waals surface area contributed by atoms with E-state index in [-0.39, 0.29) is 11.7 Å². The Kier molecular flexibility index (Phi) is 5.93. The molecule has 1 amide bonds. The minimum Gasteiger partial charge on any atom is -0.497 e. The highest BCUT2D eigenvalue weighted by molar-refractivity contribution is 5.91. The zero-order valence-corrected chi connectivity index (χ0v) is 16.9. The van der Waals surface area contributed by atoms with Gasteiger partial charge in [-0.3, -0.25) is 9.36 Å². The van der Waals surface area contributed by atoms with Gasteiger partial charge >= 0.3 is 6.55 Å². The molecular weight excluding hydrogens is 400 g/mol. The van der Waals surface area contributed by atoms with Gasteiger partial charge in [0.05, 0.1) is 18.1 Å². The second kappa shape index (κ2) is 8.95. The van der Waals surface area contributed by atoms with Gasteiger partial charge in [-0.15, -0.1) is 0 Å². The Hall–Kier alpha value is -3.74. The molecule has 5 nitrogen and oxygen atoms in total. The van der Waals surface area contributed by atoms with E-state index in [4.69, 9.17) is 4.74 Å². The smallest absolute Gasteiger partial charge is 0.320 e. The van der Waals surface area contributed by atoms with Crippen LogP contribution < -0.4 is 10.1 Å². The van der Waals surface area contributed by atoms with E-state index in [0.717, 1.165) is 15.9 Å². The first-order valence-electron chi connectivity index (χ1n) is 9.83. The van der Waals surface area contributed by atoms with Crippen molar-refractivity contribution in [3.63, 3.8) is 0 Å². The summed E-state index contributed by atoms with van der Waals surface area (Å²) in [7, 11) is 1.61. The number of carbonyl (C=O) groups excluding carboxylic acids is 1. The van der Waals surface area contributed by atoms with Crippen LogP contribution in [0.1, 0.15) is 18.5 Å². The monoisotopic (exact) mass is 421 g/mol. The molecule has 1 heterocycles. The number of nitrogens with zero attached hydrogens (tertiary/aromatic N) is 2. The largest absolute Gasteiger partial charge is 0.497 e. The number of halogens is 2. The number of anilines is 1. The molecule has 1 N–H and O–H groups in total. The highest BCUT2D eigenvalue weighted by Gasteiger charge is 2.18. The van der Waals surface area contributed by atoms with Crippen LogP contribution >= 0.6 is 0 Å². The first kappa shape index (κ1) is 20.5. The van der Waals surface area contributed by atoms with E-state index >= 15 is 0 Å². The van der Waals surface area contributed by atoms with Crippen molar-refractivity contribution in [2.24, 2.45) is 0 Å². The minimum absolute atomic E-state index is 0.122. The van der Waals surface area contributed by atoms with Gasteiger partial charge in [-0.05, 0) is 60.5 Å². The Labute approximate surface area is 178 Å². The summed E-state index contributed by atoms with van der Waals surface area (Å²) < 4.78 is 33.3. The lowest BCUT2D eigenvalue weighted by Crippen LogP contribution is -2.12. The summed E-state index contributed by atoms with van der Waals surface area (Å²) in [6.07, 6.45) is 0.932. The number of methoxy groups -OCH3 is 1. The molecule has 0 aliphatic carbocycles. The van der Waals surface area contributed by atoms with Gasteiger partial charge in [-0.2, -0.15) is 8.78 Å². The Balaban J connectivity index is 1.44. The first-order valence-corrected chi connectivity index (χ1v) is 9.83. The van der Waals surface area contributed by atoms with Crippen LogP contribution in [0.5, 0.6) is 5.75 Å². The normalized spacial score (nSPS) is 11.1. The first-order chi connectivity index (χ1) is 15.0. The van der Waals surface area contributed by atoms with Gasteiger partial charge in [0.1, 0.15) is 11.6 Å². The summed E-state index contributed by atoms with van der Waals surface area (Å²) >= 11 is 0. The second-order valence-corrected chi connectivity index (χ2v) is 7.05. The Morgan fingerprint density at radius 2 is 1.74 bits per heavy atom. The summed E-state index contributed by atoms with van der Waals surface area (Å²) in [4.78, 5) is 16.6. The number of alkyl halides is 2. The lowest BCUT2D eigenvalue weighted by atomic mass is 10.1. The Morgan fingerprint density at radius 1 is 1.03 bits per heavy atom. The molecule has 0 unspecified atom stereocenters. The van der Waals surface area contributed by atoms with Crippen LogP contribution in [-0.2, 0) is 11.2 Å². The molecule has 0 atom stereocenters. The number of aromatic nitrogens is 2. The maximum atomic E-state index is 13.7. The summed E-state index contributed by atoms with van der Waals surface area (Å²) in [5.74, 6) is 0.839. The fraction of sp³-hybridized carbons (Fsp3) is 0.167. The number of amides is 1. The van der Waals surface area contributed by atoms with E-state index in [0.29, 0.717) is 35.1 Å².